The molecule has 0 saturated heterocycles. The Morgan fingerprint density at radius 2 is 2.03 bits per heavy atom. The van der Waals surface area contributed by atoms with E-state index in [0.717, 1.165) is 18.4 Å². The van der Waals surface area contributed by atoms with Crippen molar-refractivity contribution in [1.29, 1.82) is 0 Å². The molecule has 4 aromatic rings. The van der Waals surface area contributed by atoms with Gasteiger partial charge in [-0.3, -0.25) is 9.36 Å². The van der Waals surface area contributed by atoms with Crippen LogP contribution >= 0.6 is 0 Å². The highest BCUT2D eigenvalue weighted by Gasteiger charge is 2.15. The van der Waals surface area contributed by atoms with Gasteiger partial charge in [0.1, 0.15) is 17.8 Å². The number of benzene rings is 1. The summed E-state index contributed by atoms with van der Waals surface area (Å²) in [6.07, 6.45) is 7.35. The number of nitrogens with one attached hydrogen (secondary N) is 1. The quantitative estimate of drug-likeness (QED) is 0.471. The smallest absolute Gasteiger partial charge is 0.271 e. The van der Waals surface area contributed by atoms with Crippen molar-refractivity contribution in [2.75, 3.05) is 0 Å². The Morgan fingerprint density at radius 3 is 2.81 bits per heavy atom. The molecule has 0 aliphatic rings. The number of carbonyl (C=O) groups excluding carboxylic acids is 1. The predicted molar refractivity (Wildman–Crippen MR) is 116 cm³/mol. The Labute approximate surface area is 180 Å². The van der Waals surface area contributed by atoms with Crippen LogP contribution in [0.25, 0.3) is 17.3 Å². The molecule has 158 valence electrons. The molecule has 1 atom stereocenters. The van der Waals surface area contributed by atoms with E-state index in [9.17, 15) is 4.79 Å². The van der Waals surface area contributed by atoms with Crippen LogP contribution in [0.4, 0.5) is 0 Å². The number of carbonyl (C=O) groups is 1. The number of rotatable bonds is 8. The zero-order chi connectivity index (χ0) is 21.6. The minimum absolute atomic E-state index is 0.0320. The lowest BCUT2D eigenvalue weighted by Gasteiger charge is -2.12. The van der Waals surface area contributed by atoms with E-state index in [1.54, 1.807) is 29.4 Å². The Hall–Kier alpha value is -3.81. The summed E-state index contributed by atoms with van der Waals surface area (Å²) < 4.78 is 7.00. The largest absolute Gasteiger partial charge is 0.348 e. The van der Waals surface area contributed by atoms with Crippen molar-refractivity contribution < 1.29 is 9.32 Å². The Kier molecular flexibility index (Phi) is 6.16. The van der Waals surface area contributed by atoms with Crippen molar-refractivity contribution in [2.45, 2.75) is 39.2 Å². The van der Waals surface area contributed by atoms with E-state index in [2.05, 4.69) is 37.6 Å². The lowest BCUT2D eigenvalue weighted by molar-refractivity contribution is 0.0934. The number of nitrogens with zero attached hydrogens (tertiary/aromatic N) is 5. The van der Waals surface area contributed by atoms with Crippen LogP contribution < -0.4 is 5.32 Å². The molecule has 8 heteroatoms. The fraction of sp³-hybridized carbons (Fsp3) is 0.261. The van der Waals surface area contributed by atoms with Crippen LogP contribution in [-0.2, 0) is 12.8 Å². The molecular weight excluding hydrogens is 392 g/mol. The molecule has 0 radical (unpaired) electrons. The highest BCUT2D eigenvalue weighted by molar-refractivity contribution is 5.92. The molecule has 3 aromatic heterocycles. The second kappa shape index (κ2) is 9.34. The van der Waals surface area contributed by atoms with Crippen molar-refractivity contribution in [3.63, 3.8) is 0 Å². The summed E-state index contributed by atoms with van der Waals surface area (Å²) in [4.78, 5) is 25.5. The first-order valence-electron chi connectivity index (χ1n) is 10.3. The van der Waals surface area contributed by atoms with Crippen LogP contribution in [0.15, 0.2) is 65.7 Å². The van der Waals surface area contributed by atoms with E-state index >= 15 is 0 Å². The molecule has 0 saturated carbocycles. The molecule has 1 N–H and O–H groups in total. The van der Waals surface area contributed by atoms with E-state index in [1.165, 1.54) is 5.56 Å². The molecule has 8 nitrogen and oxygen atoms in total. The van der Waals surface area contributed by atoms with Crippen LogP contribution in [0.5, 0.6) is 0 Å². The van der Waals surface area contributed by atoms with Crippen LogP contribution in [0.3, 0.4) is 0 Å². The number of amides is 1. The number of aromatic nitrogens is 5. The van der Waals surface area contributed by atoms with Gasteiger partial charge in [0.05, 0.1) is 0 Å². The van der Waals surface area contributed by atoms with Gasteiger partial charge in [-0.15, -0.1) is 0 Å². The fourth-order valence-corrected chi connectivity index (χ4v) is 3.17. The molecule has 0 bridgehead atoms. The number of imidazole rings is 1. The van der Waals surface area contributed by atoms with Gasteiger partial charge in [0.25, 0.3) is 11.8 Å². The van der Waals surface area contributed by atoms with Gasteiger partial charge in [-0.25, -0.2) is 9.97 Å². The first-order valence-corrected chi connectivity index (χ1v) is 10.3. The minimum Gasteiger partial charge on any atom is -0.348 e. The molecule has 0 spiro atoms. The maximum atomic E-state index is 12.6. The molecule has 4 rings (SSSR count). The molecule has 31 heavy (non-hydrogen) atoms. The Balaban J connectivity index is 1.40. The molecule has 1 aromatic carbocycles. The van der Waals surface area contributed by atoms with E-state index in [0.29, 0.717) is 29.6 Å². The summed E-state index contributed by atoms with van der Waals surface area (Å²) in [6.45, 7) is 3.96. The zero-order valence-corrected chi connectivity index (χ0v) is 17.5. The summed E-state index contributed by atoms with van der Waals surface area (Å²) in [6, 6.07) is 13.9. The van der Waals surface area contributed by atoms with Crippen molar-refractivity contribution in [2.24, 2.45) is 0 Å². The van der Waals surface area contributed by atoms with E-state index in [-0.39, 0.29) is 11.9 Å². The third-order valence-electron chi connectivity index (χ3n) is 4.94. The second-order valence-electron chi connectivity index (χ2n) is 7.34. The van der Waals surface area contributed by atoms with Gasteiger partial charge in [0.2, 0.25) is 0 Å². The topological polar surface area (TPSA) is 98.7 Å². The number of hydrogen-bond donors (Lipinski definition) is 1. The van der Waals surface area contributed by atoms with Crippen LogP contribution in [0, 0.1) is 0 Å². The second-order valence-corrected chi connectivity index (χ2v) is 7.34. The van der Waals surface area contributed by atoms with Gasteiger partial charge >= 0.3 is 0 Å². The zero-order valence-electron chi connectivity index (χ0n) is 17.5. The molecule has 0 aliphatic carbocycles. The lowest BCUT2D eigenvalue weighted by atomic mass is 10.1. The predicted octanol–water partition coefficient (Wildman–Crippen LogP) is 3.63. The highest BCUT2D eigenvalue weighted by Crippen LogP contribution is 2.19. The monoisotopic (exact) mass is 416 g/mol. The maximum Gasteiger partial charge on any atom is 0.271 e. The number of pyridine rings is 1. The van der Waals surface area contributed by atoms with Gasteiger partial charge in [-0.1, -0.05) is 42.4 Å². The van der Waals surface area contributed by atoms with Crippen LogP contribution in [0.1, 0.15) is 42.1 Å². The summed E-state index contributed by atoms with van der Waals surface area (Å²) in [5.74, 6) is 1.49. The number of hydrogen-bond acceptors (Lipinski definition) is 6. The summed E-state index contributed by atoms with van der Waals surface area (Å²) in [5, 5.41) is 6.93. The van der Waals surface area contributed by atoms with Crippen LogP contribution in [0.2, 0.25) is 0 Å². The van der Waals surface area contributed by atoms with Crippen molar-refractivity contribution in [3.05, 3.63) is 78.3 Å². The average molecular weight is 416 g/mol. The van der Waals surface area contributed by atoms with E-state index < -0.39 is 0 Å². The van der Waals surface area contributed by atoms with E-state index in [4.69, 9.17) is 4.52 Å². The third kappa shape index (κ3) is 5.03. The Morgan fingerprint density at radius 1 is 1.19 bits per heavy atom. The molecule has 0 fully saturated rings. The average Bonchev–Trinajstić information content (AvgIpc) is 3.49. The van der Waals surface area contributed by atoms with Gasteiger partial charge < -0.3 is 9.84 Å². The minimum atomic E-state index is -0.208. The number of aryl methyl sites for hydroxylation is 2. The molecule has 1 amide bonds. The van der Waals surface area contributed by atoms with Gasteiger partial charge in [-0.05, 0) is 37.5 Å². The molecule has 0 aliphatic heterocycles. The SMILES string of the molecule is CCc1noc(-c2ccnc(-n3cnc(C(=O)N[C@@H](C)CCc4ccccc4)c3)c2)n1. The van der Waals surface area contributed by atoms with E-state index in [1.807, 2.05) is 38.1 Å². The first-order chi connectivity index (χ1) is 15.1. The summed E-state index contributed by atoms with van der Waals surface area (Å²) in [5.41, 5.74) is 2.35. The van der Waals surface area contributed by atoms with Crippen molar-refractivity contribution in [3.8, 4) is 17.3 Å². The maximum absolute atomic E-state index is 12.6. The third-order valence-corrected chi connectivity index (χ3v) is 4.94. The standard InChI is InChI=1S/C23H24N6O2/c1-3-20-27-23(31-28-20)18-11-12-24-21(13-18)29-14-19(25-15-29)22(30)26-16(2)9-10-17-7-5-4-6-8-17/h4-8,11-16H,3,9-10H2,1-2H3,(H,26,30)/t16-/m0/s1. The fourth-order valence-electron chi connectivity index (χ4n) is 3.17. The molecule has 3 heterocycles. The van der Waals surface area contributed by atoms with Gasteiger partial charge in [-0.2, -0.15) is 4.98 Å². The van der Waals surface area contributed by atoms with Crippen molar-refractivity contribution in [1.82, 2.24) is 30.0 Å². The first kappa shape index (κ1) is 20.5. The lowest BCUT2D eigenvalue weighted by Crippen LogP contribution is -2.33. The molecule has 0 unspecified atom stereocenters. The Bertz CT molecular complexity index is 1150. The summed E-state index contributed by atoms with van der Waals surface area (Å²) in [7, 11) is 0. The van der Waals surface area contributed by atoms with Gasteiger partial charge in [0.15, 0.2) is 5.82 Å². The summed E-state index contributed by atoms with van der Waals surface area (Å²) >= 11 is 0. The molecular formula is C23H24N6O2. The van der Waals surface area contributed by atoms with Crippen molar-refractivity contribution >= 4 is 5.91 Å². The van der Waals surface area contributed by atoms with Crippen LogP contribution in [-0.4, -0.2) is 36.6 Å². The van der Waals surface area contributed by atoms with Gasteiger partial charge in [0, 0.05) is 30.4 Å². The normalized spacial score (nSPS) is 11.9. The highest BCUT2D eigenvalue weighted by atomic mass is 16.5.